The number of benzene rings is 2. The summed E-state index contributed by atoms with van der Waals surface area (Å²) < 4.78 is 5.12. The highest BCUT2D eigenvalue weighted by Gasteiger charge is 2.18. The van der Waals surface area contributed by atoms with Crippen molar-refractivity contribution in [2.75, 3.05) is 30.9 Å². The van der Waals surface area contributed by atoms with Gasteiger partial charge in [0.25, 0.3) is 5.91 Å². The van der Waals surface area contributed by atoms with Gasteiger partial charge in [0.05, 0.1) is 23.2 Å². The molecule has 0 saturated heterocycles. The van der Waals surface area contributed by atoms with Gasteiger partial charge in [-0.1, -0.05) is 40.9 Å². The lowest BCUT2D eigenvalue weighted by molar-refractivity contribution is 0.102. The minimum Gasteiger partial charge on any atom is -0.383 e. The molecule has 3 rings (SSSR count). The van der Waals surface area contributed by atoms with Gasteiger partial charge in [-0.25, -0.2) is 9.78 Å². The van der Waals surface area contributed by atoms with Gasteiger partial charge in [-0.2, -0.15) is 0 Å². The Labute approximate surface area is 200 Å². The fraction of sp³-hybridized carbons (Fsp3) is 0.227. The standard InChI is InChI=1S/C22H22Cl2N4O3S/c1-14-3-5-15(6-4-14)25-21(29)19-13-32-20(27-19)12-28(9-10-31-2)22(30)26-16-7-8-17(23)18(24)11-16/h3-8,11,13H,9-10,12H2,1-2H3,(H,25,29)(H,26,30). The molecular weight excluding hydrogens is 471 g/mol. The third kappa shape index (κ3) is 6.67. The number of urea groups is 1. The molecule has 32 heavy (non-hydrogen) atoms. The van der Waals surface area contributed by atoms with Crippen molar-refractivity contribution in [3.63, 3.8) is 0 Å². The normalized spacial score (nSPS) is 10.6. The van der Waals surface area contributed by atoms with Crippen molar-refractivity contribution in [1.82, 2.24) is 9.88 Å². The molecule has 0 aliphatic rings. The van der Waals surface area contributed by atoms with Crippen LogP contribution in [-0.4, -0.2) is 42.1 Å². The van der Waals surface area contributed by atoms with Gasteiger partial charge in [-0.05, 0) is 37.3 Å². The number of methoxy groups -OCH3 is 1. The van der Waals surface area contributed by atoms with Gasteiger partial charge in [0, 0.05) is 30.4 Å². The summed E-state index contributed by atoms with van der Waals surface area (Å²) in [4.78, 5) is 31.3. The van der Waals surface area contributed by atoms with Gasteiger partial charge in [0.2, 0.25) is 0 Å². The van der Waals surface area contributed by atoms with Gasteiger partial charge in [-0.15, -0.1) is 11.3 Å². The zero-order valence-electron chi connectivity index (χ0n) is 17.5. The highest BCUT2D eigenvalue weighted by Crippen LogP contribution is 2.25. The number of thiazole rings is 1. The lowest BCUT2D eigenvalue weighted by Gasteiger charge is -2.22. The number of ether oxygens (including phenoxy) is 1. The quantitative estimate of drug-likeness (QED) is 0.422. The Morgan fingerprint density at radius 1 is 1.06 bits per heavy atom. The molecule has 3 aromatic rings. The van der Waals surface area contributed by atoms with Crippen LogP contribution in [0.15, 0.2) is 47.8 Å². The van der Waals surface area contributed by atoms with Crippen molar-refractivity contribution in [3.8, 4) is 0 Å². The fourth-order valence-electron chi connectivity index (χ4n) is 2.71. The summed E-state index contributed by atoms with van der Waals surface area (Å²) in [5, 5.41) is 8.66. The van der Waals surface area contributed by atoms with Crippen LogP contribution in [0.25, 0.3) is 0 Å². The second kappa shape index (κ2) is 11.3. The maximum Gasteiger partial charge on any atom is 0.322 e. The van der Waals surface area contributed by atoms with E-state index in [1.54, 1.807) is 35.6 Å². The molecule has 0 unspecified atom stereocenters. The average Bonchev–Trinajstić information content (AvgIpc) is 3.24. The van der Waals surface area contributed by atoms with Gasteiger partial charge in [-0.3, -0.25) is 4.79 Å². The van der Waals surface area contributed by atoms with E-state index in [2.05, 4.69) is 15.6 Å². The first-order chi connectivity index (χ1) is 15.4. The summed E-state index contributed by atoms with van der Waals surface area (Å²) in [7, 11) is 1.56. The SMILES string of the molecule is COCCN(Cc1nc(C(=O)Nc2ccc(C)cc2)cs1)C(=O)Nc1ccc(Cl)c(Cl)c1. The molecule has 0 atom stereocenters. The first kappa shape index (κ1) is 24.0. The number of halogens is 2. The molecule has 3 amide bonds. The van der Waals surface area contributed by atoms with Crippen LogP contribution in [0.1, 0.15) is 21.1 Å². The minimum atomic E-state index is -0.346. The van der Waals surface area contributed by atoms with Gasteiger partial charge >= 0.3 is 6.03 Å². The maximum absolute atomic E-state index is 12.8. The monoisotopic (exact) mass is 492 g/mol. The van der Waals surface area contributed by atoms with Crippen LogP contribution in [-0.2, 0) is 11.3 Å². The van der Waals surface area contributed by atoms with E-state index in [1.165, 1.54) is 11.3 Å². The predicted octanol–water partition coefficient (Wildman–Crippen LogP) is 5.69. The highest BCUT2D eigenvalue weighted by molar-refractivity contribution is 7.09. The number of nitrogens with zero attached hydrogens (tertiary/aromatic N) is 2. The largest absolute Gasteiger partial charge is 0.383 e. The van der Waals surface area contributed by atoms with Crippen molar-refractivity contribution in [3.05, 3.63) is 74.2 Å². The molecule has 0 aliphatic carbocycles. The van der Waals surface area contributed by atoms with E-state index in [-0.39, 0.29) is 18.5 Å². The van der Waals surface area contributed by atoms with Crippen molar-refractivity contribution in [2.45, 2.75) is 13.5 Å². The number of carbonyl (C=O) groups excluding carboxylic acids is 2. The first-order valence-corrected chi connectivity index (χ1v) is 11.3. The number of hydrogen-bond donors (Lipinski definition) is 2. The van der Waals surface area contributed by atoms with Gasteiger partial charge in [0.15, 0.2) is 0 Å². The Morgan fingerprint density at radius 3 is 2.47 bits per heavy atom. The number of aryl methyl sites for hydroxylation is 1. The molecule has 1 aromatic heterocycles. The Kier molecular flexibility index (Phi) is 8.46. The number of hydrogen-bond acceptors (Lipinski definition) is 5. The zero-order chi connectivity index (χ0) is 23.1. The lowest BCUT2D eigenvalue weighted by atomic mass is 10.2. The van der Waals surface area contributed by atoms with Crippen LogP contribution in [0, 0.1) is 6.92 Å². The lowest BCUT2D eigenvalue weighted by Crippen LogP contribution is -2.36. The van der Waals surface area contributed by atoms with Crippen LogP contribution in [0.5, 0.6) is 0 Å². The van der Waals surface area contributed by atoms with E-state index in [9.17, 15) is 9.59 Å². The molecule has 0 saturated carbocycles. The number of amides is 3. The molecule has 2 aromatic carbocycles. The molecule has 0 fully saturated rings. The summed E-state index contributed by atoms with van der Waals surface area (Å²) in [6.07, 6.45) is 0. The van der Waals surface area contributed by atoms with Crippen LogP contribution in [0.2, 0.25) is 10.0 Å². The highest BCUT2D eigenvalue weighted by atomic mass is 35.5. The Morgan fingerprint density at radius 2 is 1.78 bits per heavy atom. The summed E-state index contributed by atoms with van der Waals surface area (Å²) in [5.74, 6) is -0.306. The summed E-state index contributed by atoms with van der Waals surface area (Å²) >= 11 is 13.3. The molecule has 10 heteroatoms. The van der Waals surface area contributed by atoms with Crippen molar-refractivity contribution in [2.24, 2.45) is 0 Å². The topological polar surface area (TPSA) is 83.6 Å². The number of nitrogens with one attached hydrogen (secondary N) is 2. The average molecular weight is 493 g/mol. The molecule has 2 N–H and O–H groups in total. The Balaban J connectivity index is 1.66. The predicted molar refractivity (Wildman–Crippen MR) is 129 cm³/mol. The van der Waals surface area contributed by atoms with E-state index in [4.69, 9.17) is 27.9 Å². The maximum atomic E-state index is 12.8. The molecule has 0 radical (unpaired) electrons. The molecule has 7 nitrogen and oxygen atoms in total. The van der Waals surface area contributed by atoms with Crippen molar-refractivity contribution >= 4 is 57.9 Å². The number of rotatable bonds is 8. The second-order valence-corrected chi connectivity index (χ2v) is 8.68. The number of carbonyl (C=O) groups is 2. The molecule has 1 heterocycles. The molecule has 0 aliphatic heterocycles. The van der Waals surface area contributed by atoms with Crippen LogP contribution in [0.3, 0.4) is 0 Å². The van der Waals surface area contributed by atoms with Crippen molar-refractivity contribution < 1.29 is 14.3 Å². The van der Waals surface area contributed by atoms with Crippen molar-refractivity contribution in [1.29, 1.82) is 0 Å². The Hall–Kier alpha value is -2.65. The van der Waals surface area contributed by atoms with E-state index in [1.807, 2.05) is 31.2 Å². The van der Waals surface area contributed by atoms with Gasteiger partial charge < -0.3 is 20.3 Å². The smallest absolute Gasteiger partial charge is 0.322 e. The zero-order valence-corrected chi connectivity index (χ0v) is 19.9. The van der Waals surface area contributed by atoms with Crippen LogP contribution < -0.4 is 10.6 Å². The first-order valence-electron chi connectivity index (χ1n) is 9.68. The van der Waals surface area contributed by atoms with E-state index in [0.29, 0.717) is 45.3 Å². The summed E-state index contributed by atoms with van der Waals surface area (Å²) in [6.45, 7) is 2.89. The second-order valence-electron chi connectivity index (χ2n) is 6.92. The molecule has 0 bridgehead atoms. The summed E-state index contributed by atoms with van der Waals surface area (Å²) in [6, 6.07) is 12.0. The number of anilines is 2. The third-order valence-electron chi connectivity index (χ3n) is 4.44. The molecule has 0 spiro atoms. The molecular formula is C22H22Cl2N4O3S. The fourth-order valence-corrected chi connectivity index (χ4v) is 3.80. The molecule has 168 valence electrons. The summed E-state index contributed by atoms with van der Waals surface area (Å²) in [5.41, 5.74) is 2.61. The Bertz CT molecular complexity index is 1090. The number of aromatic nitrogens is 1. The van der Waals surface area contributed by atoms with E-state index >= 15 is 0 Å². The van der Waals surface area contributed by atoms with Gasteiger partial charge in [0.1, 0.15) is 10.7 Å². The van der Waals surface area contributed by atoms with E-state index in [0.717, 1.165) is 5.56 Å². The minimum absolute atomic E-state index is 0.221. The van der Waals surface area contributed by atoms with Crippen LogP contribution >= 0.6 is 34.5 Å². The third-order valence-corrected chi connectivity index (χ3v) is 6.02. The van der Waals surface area contributed by atoms with Crippen LogP contribution in [0.4, 0.5) is 16.2 Å². The van der Waals surface area contributed by atoms with E-state index < -0.39 is 0 Å².